The lowest BCUT2D eigenvalue weighted by Crippen LogP contribution is -2.30. The maximum atomic E-state index is 12.9. The molecule has 0 spiro atoms. The molecule has 0 radical (unpaired) electrons. The number of nitrogens with one attached hydrogen (secondary N) is 1. The number of para-hydroxylation sites is 1. The molecule has 2 rings (SSSR count). The highest BCUT2D eigenvalue weighted by Gasteiger charge is 2.16. The van der Waals surface area contributed by atoms with E-state index in [1.54, 1.807) is 50.5 Å². The number of likely N-dealkylation sites (N-methyl/N-ethyl adjacent to an activating group) is 1. The second-order valence-electron chi connectivity index (χ2n) is 5.25. The maximum Gasteiger partial charge on any atom is 0.340 e. The smallest absolute Gasteiger partial charge is 0.340 e. The highest BCUT2D eigenvalue weighted by molar-refractivity contribution is 5.96. The predicted molar refractivity (Wildman–Crippen MR) is 89.1 cm³/mol. The number of hydrogen-bond acceptors (Lipinski definition) is 4. The molecule has 1 N–H and O–H groups in total. The average molecular weight is 330 g/mol. The minimum absolute atomic E-state index is 0.309. The van der Waals surface area contributed by atoms with E-state index in [0.29, 0.717) is 17.8 Å². The fourth-order valence-electron chi connectivity index (χ4n) is 2.15. The molecular formula is C18H19FN2O3. The number of carbonyl (C=O) groups is 2. The Balaban J connectivity index is 1.90. The van der Waals surface area contributed by atoms with Crippen molar-refractivity contribution in [1.29, 1.82) is 0 Å². The molecule has 2 aromatic carbocycles. The number of carbonyl (C=O) groups excluding carboxylic acids is 2. The molecule has 1 amide bonds. The van der Waals surface area contributed by atoms with Gasteiger partial charge in [0.15, 0.2) is 6.61 Å². The van der Waals surface area contributed by atoms with Gasteiger partial charge < -0.3 is 15.0 Å². The third kappa shape index (κ3) is 4.55. The van der Waals surface area contributed by atoms with Gasteiger partial charge in [-0.15, -0.1) is 0 Å². The summed E-state index contributed by atoms with van der Waals surface area (Å²) in [5, 5.41) is 2.90. The van der Waals surface area contributed by atoms with E-state index in [9.17, 15) is 14.0 Å². The normalized spacial score (nSPS) is 10.1. The van der Waals surface area contributed by atoms with Crippen molar-refractivity contribution in [3.05, 3.63) is 65.5 Å². The van der Waals surface area contributed by atoms with Crippen LogP contribution in [0.5, 0.6) is 0 Å². The molecule has 0 aliphatic carbocycles. The Morgan fingerprint density at radius 2 is 1.79 bits per heavy atom. The zero-order valence-corrected chi connectivity index (χ0v) is 13.6. The second kappa shape index (κ2) is 8.10. The van der Waals surface area contributed by atoms with E-state index in [1.807, 2.05) is 0 Å². The number of halogens is 1. The van der Waals surface area contributed by atoms with Crippen molar-refractivity contribution in [3.63, 3.8) is 0 Å². The van der Waals surface area contributed by atoms with E-state index >= 15 is 0 Å². The fraction of sp³-hybridized carbons (Fsp3) is 0.222. The monoisotopic (exact) mass is 330 g/mol. The van der Waals surface area contributed by atoms with E-state index in [1.165, 1.54) is 17.0 Å². The Morgan fingerprint density at radius 1 is 1.12 bits per heavy atom. The molecule has 0 aliphatic rings. The SMILES string of the molecule is CNc1ccccc1C(=O)OCC(=O)N(C)Cc1ccc(F)cc1. The third-order valence-corrected chi connectivity index (χ3v) is 3.50. The van der Waals surface area contributed by atoms with E-state index in [0.717, 1.165) is 5.56 Å². The molecular weight excluding hydrogens is 311 g/mol. The maximum absolute atomic E-state index is 12.9. The van der Waals surface area contributed by atoms with Crippen LogP contribution in [0.2, 0.25) is 0 Å². The molecule has 6 heteroatoms. The summed E-state index contributed by atoms with van der Waals surface area (Å²) in [6.07, 6.45) is 0. The predicted octanol–water partition coefficient (Wildman–Crippen LogP) is 2.68. The Hall–Kier alpha value is -2.89. The minimum atomic E-state index is -0.566. The number of hydrogen-bond donors (Lipinski definition) is 1. The Labute approximate surface area is 140 Å². The summed E-state index contributed by atoms with van der Waals surface area (Å²) in [6, 6.07) is 12.8. The van der Waals surface area contributed by atoms with Gasteiger partial charge >= 0.3 is 5.97 Å². The summed E-state index contributed by atoms with van der Waals surface area (Å²) in [6.45, 7) is -0.0433. The summed E-state index contributed by atoms with van der Waals surface area (Å²) in [5.74, 6) is -1.23. The molecule has 0 bridgehead atoms. The largest absolute Gasteiger partial charge is 0.452 e. The number of anilines is 1. The first-order valence-electron chi connectivity index (χ1n) is 7.43. The molecule has 2 aromatic rings. The van der Waals surface area contributed by atoms with Gasteiger partial charge in [-0.2, -0.15) is 0 Å². The number of esters is 1. The quantitative estimate of drug-likeness (QED) is 0.828. The Kier molecular flexibility index (Phi) is 5.89. The van der Waals surface area contributed by atoms with Gasteiger partial charge in [-0.1, -0.05) is 24.3 Å². The van der Waals surface area contributed by atoms with Crippen LogP contribution in [0, 0.1) is 5.82 Å². The fourth-order valence-corrected chi connectivity index (χ4v) is 2.15. The summed E-state index contributed by atoms with van der Waals surface area (Å²) < 4.78 is 18.0. The average Bonchev–Trinajstić information content (AvgIpc) is 2.61. The standard InChI is InChI=1S/C18H19FN2O3/c1-20-16-6-4-3-5-15(16)18(23)24-12-17(22)21(2)11-13-7-9-14(19)10-8-13/h3-10,20H,11-12H2,1-2H3. The topological polar surface area (TPSA) is 58.6 Å². The summed E-state index contributed by atoms with van der Waals surface area (Å²) in [5.41, 5.74) is 1.79. The molecule has 0 atom stereocenters. The van der Waals surface area contributed by atoms with Crippen molar-refractivity contribution in [2.45, 2.75) is 6.54 Å². The molecule has 0 saturated heterocycles. The zero-order valence-electron chi connectivity index (χ0n) is 13.6. The number of nitrogens with zero attached hydrogens (tertiary/aromatic N) is 1. The summed E-state index contributed by atoms with van der Waals surface area (Å²) >= 11 is 0. The first-order chi connectivity index (χ1) is 11.5. The zero-order chi connectivity index (χ0) is 17.5. The van der Waals surface area contributed by atoms with E-state index in [2.05, 4.69) is 5.32 Å². The first-order valence-corrected chi connectivity index (χ1v) is 7.43. The van der Waals surface area contributed by atoms with Gasteiger partial charge in [-0.25, -0.2) is 9.18 Å². The van der Waals surface area contributed by atoms with Crippen LogP contribution in [0.4, 0.5) is 10.1 Å². The minimum Gasteiger partial charge on any atom is -0.452 e. The van der Waals surface area contributed by atoms with Gasteiger partial charge in [0.1, 0.15) is 5.82 Å². The van der Waals surface area contributed by atoms with Crippen molar-refractivity contribution in [2.24, 2.45) is 0 Å². The van der Waals surface area contributed by atoms with Crippen LogP contribution < -0.4 is 5.32 Å². The Bertz CT molecular complexity index is 716. The summed E-state index contributed by atoms with van der Waals surface area (Å²) in [7, 11) is 3.30. The Morgan fingerprint density at radius 3 is 2.46 bits per heavy atom. The van der Waals surface area contributed by atoms with Crippen LogP contribution in [-0.2, 0) is 16.1 Å². The number of rotatable bonds is 6. The lowest BCUT2D eigenvalue weighted by atomic mass is 10.2. The van der Waals surface area contributed by atoms with Crippen LogP contribution in [0.3, 0.4) is 0 Å². The molecule has 0 heterocycles. The lowest BCUT2D eigenvalue weighted by Gasteiger charge is -2.17. The van der Waals surface area contributed by atoms with E-state index in [-0.39, 0.29) is 18.3 Å². The van der Waals surface area contributed by atoms with Crippen molar-refractivity contribution in [1.82, 2.24) is 4.90 Å². The first kappa shape index (κ1) is 17.5. The van der Waals surface area contributed by atoms with Crippen molar-refractivity contribution in [2.75, 3.05) is 26.0 Å². The number of benzene rings is 2. The van der Waals surface area contributed by atoms with Crippen molar-refractivity contribution < 1.29 is 18.7 Å². The van der Waals surface area contributed by atoms with Gasteiger partial charge in [0, 0.05) is 26.3 Å². The van der Waals surface area contributed by atoms with E-state index in [4.69, 9.17) is 4.74 Å². The van der Waals surface area contributed by atoms with Gasteiger partial charge in [0.2, 0.25) is 0 Å². The molecule has 126 valence electrons. The highest BCUT2D eigenvalue weighted by atomic mass is 19.1. The highest BCUT2D eigenvalue weighted by Crippen LogP contribution is 2.15. The van der Waals surface area contributed by atoms with Crippen LogP contribution in [0.1, 0.15) is 15.9 Å². The van der Waals surface area contributed by atoms with Crippen LogP contribution >= 0.6 is 0 Å². The third-order valence-electron chi connectivity index (χ3n) is 3.50. The van der Waals surface area contributed by atoms with Crippen LogP contribution in [-0.4, -0.2) is 37.5 Å². The molecule has 0 aliphatic heterocycles. The van der Waals surface area contributed by atoms with Gasteiger partial charge in [0.05, 0.1) is 5.56 Å². The molecule has 0 unspecified atom stereocenters. The van der Waals surface area contributed by atoms with E-state index < -0.39 is 5.97 Å². The van der Waals surface area contributed by atoms with Crippen LogP contribution in [0.25, 0.3) is 0 Å². The van der Waals surface area contributed by atoms with Crippen molar-refractivity contribution >= 4 is 17.6 Å². The molecule has 0 aromatic heterocycles. The van der Waals surface area contributed by atoms with Crippen molar-refractivity contribution in [3.8, 4) is 0 Å². The molecule has 0 saturated carbocycles. The van der Waals surface area contributed by atoms with Gasteiger partial charge in [-0.3, -0.25) is 4.79 Å². The van der Waals surface area contributed by atoms with Crippen LogP contribution in [0.15, 0.2) is 48.5 Å². The lowest BCUT2D eigenvalue weighted by molar-refractivity contribution is -0.133. The molecule has 24 heavy (non-hydrogen) atoms. The molecule has 5 nitrogen and oxygen atoms in total. The second-order valence-corrected chi connectivity index (χ2v) is 5.25. The van der Waals surface area contributed by atoms with Gasteiger partial charge in [0.25, 0.3) is 5.91 Å². The van der Waals surface area contributed by atoms with Gasteiger partial charge in [-0.05, 0) is 29.8 Å². The molecule has 0 fully saturated rings. The summed E-state index contributed by atoms with van der Waals surface area (Å²) in [4.78, 5) is 25.6. The number of ether oxygens (including phenoxy) is 1. The number of amides is 1.